The van der Waals surface area contributed by atoms with Crippen molar-refractivity contribution in [1.29, 1.82) is 0 Å². The van der Waals surface area contributed by atoms with E-state index in [0.717, 1.165) is 36.7 Å². The summed E-state index contributed by atoms with van der Waals surface area (Å²) in [4.78, 5) is 23.0. The van der Waals surface area contributed by atoms with Gasteiger partial charge in [-0.3, -0.25) is 4.57 Å². The first kappa shape index (κ1) is 28.3. The zero-order valence-electron chi connectivity index (χ0n) is 19.0. The van der Waals surface area contributed by atoms with Gasteiger partial charge in [0, 0.05) is 5.57 Å². The van der Waals surface area contributed by atoms with Crippen LogP contribution in [0.3, 0.4) is 0 Å². The molecule has 0 amide bonds. The molecule has 1 unspecified atom stereocenters. The number of rotatable bonds is 19. The molecule has 0 saturated carbocycles. The first-order valence-electron chi connectivity index (χ1n) is 11.0. The lowest BCUT2D eigenvalue weighted by atomic mass is 10.2. The molecule has 29 heavy (non-hydrogen) atoms. The molecule has 0 spiro atoms. The van der Waals surface area contributed by atoms with Crippen LogP contribution in [0, 0.1) is 0 Å². The van der Waals surface area contributed by atoms with E-state index in [9.17, 15) is 14.3 Å². The van der Waals surface area contributed by atoms with Crippen molar-refractivity contribution in [2.75, 3.05) is 46.0 Å². The van der Waals surface area contributed by atoms with E-state index < -0.39 is 13.8 Å². The lowest BCUT2D eigenvalue weighted by Gasteiger charge is -2.38. The maximum Gasteiger partial charge on any atom is 0.333 e. The monoisotopic (exact) mass is 435 g/mol. The minimum absolute atomic E-state index is 0.0227. The van der Waals surface area contributed by atoms with Gasteiger partial charge in [-0.05, 0) is 51.9 Å². The third kappa shape index (κ3) is 14.0. The molecule has 0 bridgehead atoms. The molecule has 0 N–H and O–H groups in total. The Labute approximate surface area is 177 Å². The van der Waals surface area contributed by atoms with E-state index in [1.807, 2.05) is 0 Å². The van der Waals surface area contributed by atoms with Gasteiger partial charge in [-0.1, -0.05) is 27.4 Å². The van der Waals surface area contributed by atoms with Crippen molar-refractivity contribution < 1.29 is 32.5 Å². The van der Waals surface area contributed by atoms with Crippen LogP contribution in [-0.4, -0.2) is 56.5 Å². The summed E-state index contributed by atoms with van der Waals surface area (Å²) in [6.07, 6.45) is 6.10. The van der Waals surface area contributed by atoms with Gasteiger partial charge in [-0.2, -0.15) is 0 Å². The van der Waals surface area contributed by atoms with Gasteiger partial charge in [-0.15, -0.1) is 0 Å². The summed E-state index contributed by atoms with van der Waals surface area (Å²) in [7, 11) is -4.27. The summed E-state index contributed by atoms with van der Waals surface area (Å²) in [5.41, 5.74) is 0.342. The van der Waals surface area contributed by atoms with Crippen molar-refractivity contribution in [1.82, 2.24) is 0 Å². The molecule has 0 fully saturated rings. The van der Waals surface area contributed by atoms with E-state index in [2.05, 4.69) is 27.4 Å². The summed E-state index contributed by atoms with van der Waals surface area (Å²) >= 11 is 0. The van der Waals surface area contributed by atoms with Crippen molar-refractivity contribution in [3.8, 4) is 0 Å². The van der Waals surface area contributed by atoms with Crippen molar-refractivity contribution in [2.24, 2.45) is 0 Å². The Hall–Kier alpha value is -0.720. The highest BCUT2D eigenvalue weighted by Crippen LogP contribution is 2.38. The van der Waals surface area contributed by atoms with Crippen LogP contribution in [0.15, 0.2) is 12.2 Å². The number of quaternary nitrogens is 1. The predicted molar refractivity (Wildman–Crippen MR) is 114 cm³/mol. The standard InChI is InChI=1S/C21H42NO6P/c1-6-13-22(14-7-2,15-8-3)16-9-10-18-27-29(24,25)28-19-12-11-17-26-21(23)20(4)5/h4,6-19H2,1-3,5H3. The summed E-state index contributed by atoms with van der Waals surface area (Å²) in [5.74, 6) is -0.441. The van der Waals surface area contributed by atoms with Gasteiger partial charge < -0.3 is 23.2 Å². The second-order valence-electron chi connectivity index (χ2n) is 7.68. The molecule has 7 nitrogen and oxygen atoms in total. The molecule has 0 heterocycles. The minimum atomic E-state index is -4.27. The summed E-state index contributed by atoms with van der Waals surface area (Å²) < 4.78 is 27.7. The molecule has 172 valence electrons. The van der Waals surface area contributed by atoms with Crippen LogP contribution >= 0.6 is 7.82 Å². The van der Waals surface area contributed by atoms with Gasteiger partial charge >= 0.3 is 5.97 Å². The Morgan fingerprint density at radius 2 is 1.31 bits per heavy atom. The quantitative estimate of drug-likeness (QED) is 0.0993. The van der Waals surface area contributed by atoms with E-state index in [0.29, 0.717) is 24.8 Å². The fraction of sp³-hybridized carbons (Fsp3) is 0.857. The van der Waals surface area contributed by atoms with Gasteiger partial charge in [0.15, 0.2) is 0 Å². The fourth-order valence-corrected chi connectivity index (χ4v) is 4.31. The predicted octanol–water partition coefficient (Wildman–Crippen LogP) is 4.21. The number of hydrogen-bond donors (Lipinski definition) is 0. The highest BCUT2D eigenvalue weighted by Gasteiger charge is 2.23. The summed E-state index contributed by atoms with van der Waals surface area (Å²) in [6, 6.07) is 0. The molecule has 1 atom stereocenters. The van der Waals surface area contributed by atoms with Gasteiger partial charge in [0.1, 0.15) is 0 Å². The SMILES string of the molecule is C=C(C)C(=O)OCCCCOP(=O)([O-])OCCCC[N+](CCC)(CCC)CCC. The average molecular weight is 436 g/mol. The Morgan fingerprint density at radius 3 is 1.76 bits per heavy atom. The molecular formula is C21H42NO6P. The van der Waals surface area contributed by atoms with Gasteiger partial charge in [0.05, 0.1) is 46.0 Å². The van der Waals surface area contributed by atoms with Gasteiger partial charge in [-0.25, -0.2) is 4.79 Å². The van der Waals surface area contributed by atoms with E-state index in [1.165, 1.54) is 19.6 Å². The highest BCUT2D eigenvalue weighted by molar-refractivity contribution is 7.45. The van der Waals surface area contributed by atoms with Crippen molar-refractivity contribution in [3.63, 3.8) is 0 Å². The maximum absolute atomic E-state index is 11.8. The lowest BCUT2D eigenvalue weighted by molar-refractivity contribution is -0.928. The molecule has 0 aromatic carbocycles. The summed E-state index contributed by atoms with van der Waals surface area (Å²) in [5, 5.41) is 0. The third-order valence-electron chi connectivity index (χ3n) is 4.74. The number of phosphoric acid groups is 1. The zero-order valence-corrected chi connectivity index (χ0v) is 19.8. The van der Waals surface area contributed by atoms with E-state index in [4.69, 9.17) is 13.8 Å². The molecular weight excluding hydrogens is 393 g/mol. The smallest absolute Gasteiger partial charge is 0.333 e. The molecule has 0 aliphatic heterocycles. The number of carbonyl (C=O) groups excluding carboxylic acids is 1. The van der Waals surface area contributed by atoms with Gasteiger partial charge in [0.25, 0.3) is 7.82 Å². The topological polar surface area (TPSA) is 84.9 Å². The largest absolute Gasteiger partial charge is 0.756 e. The maximum atomic E-state index is 11.8. The number of hydrogen-bond acceptors (Lipinski definition) is 6. The lowest BCUT2D eigenvalue weighted by Crippen LogP contribution is -2.50. The fourth-order valence-electron chi connectivity index (χ4n) is 3.53. The average Bonchev–Trinajstić information content (AvgIpc) is 2.64. The van der Waals surface area contributed by atoms with Crippen LogP contribution in [0.25, 0.3) is 0 Å². The third-order valence-corrected chi connectivity index (χ3v) is 5.74. The number of esters is 1. The summed E-state index contributed by atoms with van der Waals surface area (Å²) in [6.45, 7) is 16.7. The van der Waals surface area contributed by atoms with E-state index >= 15 is 0 Å². The minimum Gasteiger partial charge on any atom is -0.756 e. The van der Waals surface area contributed by atoms with Crippen LogP contribution in [-0.2, 0) is 23.1 Å². The Balaban J connectivity index is 4.02. The Bertz CT molecular complexity index is 494. The first-order chi connectivity index (χ1) is 13.7. The van der Waals surface area contributed by atoms with Crippen molar-refractivity contribution >= 4 is 13.8 Å². The van der Waals surface area contributed by atoms with E-state index in [-0.39, 0.29) is 19.8 Å². The molecule has 0 rings (SSSR count). The number of nitrogens with zero attached hydrogens (tertiary/aromatic N) is 1. The van der Waals surface area contributed by atoms with Crippen LogP contribution in [0.5, 0.6) is 0 Å². The molecule has 0 aliphatic rings. The molecule has 0 aromatic rings. The van der Waals surface area contributed by atoms with E-state index in [1.54, 1.807) is 6.92 Å². The highest BCUT2D eigenvalue weighted by atomic mass is 31.2. The first-order valence-corrected chi connectivity index (χ1v) is 12.5. The molecule has 0 saturated heterocycles. The van der Waals surface area contributed by atoms with Crippen molar-refractivity contribution in [2.45, 2.75) is 72.6 Å². The van der Waals surface area contributed by atoms with Crippen molar-refractivity contribution in [3.05, 3.63) is 12.2 Å². The molecule has 0 aliphatic carbocycles. The Morgan fingerprint density at radius 1 is 0.862 bits per heavy atom. The van der Waals surface area contributed by atoms with Crippen LogP contribution < -0.4 is 4.89 Å². The van der Waals surface area contributed by atoms with Crippen LogP contribution in [0.2, 0.25) is 0 Å². The normalized spacial score (nSPS) is 13.8. The number of unbranched alkanes of at least 4 members (excludes halogenated alkanes) is 2. The molecule has 8 heteroatoms. The van der Waals surface area contributed by atoms with Crippen LogP contribution in [0.4, 0.5) is 0 Å². The van der Waals surface area contributed by atoms with Gasteiger partial charge in [0.2, 0.25) is 0 Å². The van der Waals surface area contributed by atoms with Crippen LogP contribution in [0.1, 0.15) is 72.6 Å². The zero-order chi connectivity index (χ0) is 22.2. The number of carbonyl (C=O) groups is 1. The number of phosphoric ester groups is 1. The molecule has 0 aromatic heterocycles. The second-order valence-corrected chi connectivity index (χ2v) is 9.09. The Kier molecular flexibility index (Phi) is 15.6. The molecule has 0 radical (unpaired) electrons. The second kappa shape index (κ2) is 16.0. The number of ether oxygens (including phenoxy) is 1.